The van der Waals surface area contributed by atoms with Crippen molar-refractivity contribution >= 4 is 21.9 Å². The molecule has 3 aromatic heterocycles. The van der Waals surface area contributed by atoms with E-state index in [-0.39, 0.29) is 11.1 Å². The van der Waals surface area contributed by atoms with Gasteiger partial charge in [0.25, 0.3) is 5.56 Å². The van der Waals surface area contributed by atoms with E-state index >= 15 is 4.39 Å². The maximum atomic E-state index is 15.0. The van der Waals surface area contributed by atoms with Gasteiger partial charge in [-0.25, -0.2) is 9.07 Å². The lowest BCUT2D eigenvalue weighted by molar-refractivity contribution is 0.635. The number of H-pyrrole nitrogens is 2. The Balaban J connectivity index is 1.43. The summed E-state index contributed by atoms with van der Waals surface area (Å²) in [4.78, 5) is 11.8. The summed E-state index contributed by atoms with van der Waals surface area (Å²) in [5.74, 6) is -0.499. The normalized spacial score (nSPS) is 11.3. The largest absolute Gasteiger partial charge is 0.297 e. The zero-order valence-corrected chi connectivity index (χ0v) is 17.5. The molecule has 2 N–H and O–H groups in total. The SMILES string of the molecule is N#Cc1ccc(Cn2nccc2-c2cc(F)c3nnn(-c4ccc5c(=O)[nH][nH]c5c4)c3c2)cc1. The zero-order valence-electron chi connectivity index (χ0n) is 17.5. The van der Waals surface area contributed by atoms with E-state index in [1.165, 1.54) is 10.7 Å². The number of benzene rings is 3. The van der Waals surface area contributed by atoms with Gasteiger partial charge in [-0.15, -0.1) is 5.10 Å². The molecular weight excluding hydrogens is 435 g/mol. The molecule has 0 bridgehead atoms. The Kier molecular flexibility index (Phi) is 4.35. The summed E-state index contributed by atoms with van der Waals surface area (Å²) in [6.45, 7) is 0.461. The highest BCUT2D eigenvalue weighted by molar-refractivity contribution is 5.85. The van der Waals surface area contributed by atoms with Crippen molar-refractivity contribution in [3.63, 3.8) is 0 Å². The fourth-order valence-electron chi connectivity index (χ4n) is 4.04. The molecule has 10 heteroatoms. The van der Waals surface area contributed by atoms with E-state index in [0.717, 1.165) is 11.3 Å². The summed E-state index contributed by atoms with van der Waals surface area (Å²) in [7, 11) is 0. The third kappa shape index (κ3) is 3.15. The van der Waals surface area contributed by atoms with Gasteiger partial charge in [0.1, 0.15) is 5.52 Å². The predicted octanol–water partition coefficient (Wildman–Crippen LogP) is 3.51. The molecule has 0 saturated heterocycles. The van der Waals surface area contributed by atoms with Gasteiger partial charge in [0.2, 0.25) is 0 Å². The zero-order chi connectivity index (χ0) is 23.2. The lowest BCUT2D eigenvalue weighted by Gasteiger charge is -2.09. The minimum absolute atomic E-state index is 0.143. The number of hydrogen-bond acceptors (Lipinski definition) is 5. The molecule has 0 unspecified atom stereocenters. The Morgan fingerprint density at radius 2 is 1.88 bits per heavy atom. The molecule has 0 aliphatic rings. The first-order valence-corrected chi connectivity index (χ1v) is 10.4. The molecule has 6 aromatic rings. The van der Waals surface area contributed by atoms with Gasteiger partial charge in [-0.2, -0.15) is 10.4 Å². The quantitative estimate of drug-likeness (QED) is 0.426. The van der Waals surface area contributed by atoms with Crippen LogP contribution in [-0.2, 0) is 6.54 Å². The van der Waals surface area contributed by atoms with Crippen molar-refractivity contribution in [3.05, 3.63) is 94.2 Å². The third-order valence-electron chi connectivity index (χ3n) is 5.74. The van der Waals surface area contributed by atoms with Crippen LogP contribution >= 0.6 is 0 Å². The van der Waals surface area contributed by atoms with Gasteiger partial charge in [0.05, 0.1) is 46.0 Å². The number of rotatable bonds is 4. The monoisotopic (exact) mass is 450 g/mol. The standard InChI is InChI=1S/C24H15FN8O/c25-19-9-16(21-7-8-27-32(21)13-15-3-1-14(12-26)2-4-15)10-22-23(19)29-31-33(22)17-5-6-18-20(11-17)28-30-24(18)34/h1-11H,13H2,(H2,28,30,34). The number of nitrogens with one attached hydrogen (secondary N) is 2. The number of aromatic nitrogens is 7. The van der Waals surface area contributed by atoms with E-state index < -0.39 is 5.82 Å². The van der Waals surface area contributed by atoms with Crippen LogP contribution in [0.3, 0.4) is 0 Å². The molecule has 0 aliphatic heterocycles. The second-order valence-electron chi connectivity index (χ2n) is 7.82. The summed E-state index contributed by atoms with van der Waals surface area (Å²) in [5, 5.41) is 27.4. The molecule has 0 saturated carbocycles. The lowest BCUT2D eigenvalue weighted by atomic mass is 10.1. The molecule has 3 heterocycles. The fourth-order valence-corrected chi connectivity index (χ4v) is 4.04. The van der Waals surface area contributed by atoms with E-state index in [0.29, 0.717) is 39.8 Å². The Morgan fingerprint density at radius 1 is 1.03 bits per heavy atom. The van der Waals surface area contributed by atoms with Crippen LogP contribution < -0.4 is 5.56 Å². The van der Waals surface area contributed by atoms with Crippen molar-refractivity contribution in [1.82, 2.24) is 35.0 Å². The summed E-state index contributed by atoms with van der Waals surface area (Å²) in [6, 6.07) is 19.6. The van der Waals surface area contributed by atoms with Gasteiger partial charge in [0, 0.05) is 11.8 Å². The second kappa shape index (κ2) is 7.53. The molecule has 34 heavy (non-hydrogen) atoms. The van der Waals surface area contributed by atoms with Crippen molar-refractivity contribution in [2.24, 2.45) is 0 Å². The van der Waals surface area contributed by atoms with E-state index in [1.54, 1.807) is 41.2 Å². The molecule has 0 fully saturated rings. The Bertz CT molecular complexity index is 1780. The van der Waals surface area contributed by atoms with Crippen molar-refractivity contribution in [3.8, 4) is 23.0 Å². The molecule has 0 spiro atoms. The van der Waals surface area contributed by atoms with Gasteiger partial charge in [-0.05, 0) is 54.1 Å². The van der Waals surface area contributed by atoms with Crippen LogP contribution in [0.2, 0.25) is 0 Å². The minimum Gasteiger partial charge on any atom is -0.297 e. The maximum Gasteiger partial charge on any atom is 0.271 e. The number of nitrogens with zero attached hydrogens (tertiary/aromatic N) is 6. The number of fused-ring (bicyclic) bond motifs is 2. The average molecular weight is 450 g/mol. The summed E-state index contributed by atoms with van der Waals surface area (Å²) >= 11 is 0. The highest BCUT2D eigenvalue weighted by Gasteiger charge is 2.16. The molecular formula is C24H15FN8O. The van der Waals surface area contributed by atoms with Gasteiger partial charge < -0.3 is 0 Å². The van der Waals surface area contributed by atoms with Gasteiger partial charge in [0.15, 0.2) is 5.82 Å². The summed E-state index contributed by atoms with van der Waals surface area (Å²) in [6.07, 6.45) is 1.66. The number of nitriles is 1. The number of aromatic amines is 2. The number of hydrogen-bond donors (Lipinski definition) is 2. The first-order valence-electron chi connectivity index (χ1n) is 10.4. The first kappa shape index (κ1) is 19.6. The van der Waals surface area contributed by atoms with Crippen LogP contribution in [0.25, 0.3) is 38.9 Å². The Morgan fingerprint density at radius 3 is 2.71 bits per heavy atom. The molecule has 0 aliphatic carbocycles. The van der Waals surface area contributed by atoms with Gasteiger partial charge in [-0.3, -0.25) is 19.7 Å². The molecule has 6 rings (SSSR count). The summed E-state index contributed by atoms with van der Waals surface area (Å²) in [5.41, 5.74) is 4.55. The second-order valence-corrected chi connectivity index (χ2v) is 7.82. The topological polar surface area (TPSA) is 121 Å². The van der Waals surface area contributed by atoms with E-state index in [9.17, 15) is 4.79 Å². The highest BCUT2D eigenvalue weighted by Crippen LogP contribution is 2.28. The average Bonchev–Trinajstić information content (AvgIpc) is 3.58. The van der Waals surface area contributed by atoms with Crippen molar-refractivity contribution < 1.29 is 4.39 Å². The van der Waals surface area contributed by atoms with Crippen LogP contribution in [0, 0.1) is 17.1 Å². The Labute approximate surface area is 190 Å². The molecule has 3 aromatic carbocycles. The molecule has 0 amide bonds. The Hall–Kier alpha value is -5.04. The van der Waals surface area contributed by atoms with E-state index in [4.69, 9.17) is 5.26 Å². The molecule has 9 nitrogen and oxygen atoms in total. The molecule has 0 atom stereocenters. The molecule has 0 radical (unpaired) electrons. The summed E-state index contributed by atoms with van der Waals surface area (Å²) < 4.78 is 18.3. The fraction of sp³-hybridized carbons (Fsp3) is 0.0417. The van der Waals surface area contributed by atoms with Gasteiger partial charge >= 0.3 is 0 Å². The van der Waals surface area contributed by atoms with Crippen molar-refractivity contribution in [2.75, 3.05) is 0 Å². The van der Waals surface area contributed by atoms with Crippen LogP contribution in [0.15, 0.2) is 71.7 Å². The first-order chi connectivity index (χ1) is 16.6. The maximum absolute atomic E-state index is 15.0. The predicted molar refractivity (Wildman–Crippen MR) is 123 cm³/mol. The molecule has 164 valence electrons. The lowest BCUT2D eigenvalue weighted by Crippen LogP contribution is -2.04. The van der Waals surface area contributed by atoms with Crippen molar-refractivity contribution in [2.45, 2.75) is 6.54 Å². The smallest absolute Gasteiger partial charge is 0.271 e. The van der Waals surface area contributed by atoms with Crippen LogP contribution in [0.4, 0.5) is 4.39 Å². The van der Waals surface area contributed by atoms with E-state index in [2.05, 4.69) is 31.7 Å². The highest BCUT2D eigenvalue weighted by atomic mass is 19.1. The van der Waals surface area contributed by atoms with E-state index in [1.807, 2.05) is 24.3 Å². The van der Waals surface area contributed by atoms with Crippen LogP contribution in [-0.4, -0.2) is 35.0 Å². The van der Waals surface area contributed by atoms with Crippen LogP contribution in [0.1, 0.15) is 11.1 Å². The minimum atomic E-state index is -0.499. The number of halogens is 1. The van der Waals surface area contributed by atoms with Crippen molar-refractivity contribution in [1.29, 1.82) is 5.26 Å². The third-order valence-corrected chi connectivity index (χ3v) is 5.74. The van der Waals surface area contributed by atoms with Crippen LogP contribution in [0.5, 0.6) is 0 Å². The van der Waals surface area contributed by atoms with Gasteiger partial charge in [-0.1, -0.05) is 17.3 Å².